The maximum Gasteiger partial charge on any atom is 0.166 e. The average Bonchev–Trinajstić information content (AvgIpc) is 3.43. The molecular weight excluding hydrogens is 648 g/mol. The van der Waals surface area contributed by atoms with Crippen LogP contribution in [0.3, 0.4) is 0 Å². The fraction of sp³-hybridized carbons (Fsp3) is 0.524. The molecule has 254 valence electrons. The highest BCUT2D eigenvalue weighted by molar-refractivity contribution is 9.10. The first kappa shape index (κ1) is 36.9. The van der Waals surface area contributed by atoms with Gasteiger partial charge in [0, 0.05) is 39.7 Å². The van der Waals surface area contributed by atoms with Crippen molar-refractivity contribution < 1.29 is 19.1 Å². The molecule has 0 saturated heterocycles. The highest BCUT2D eigenvalue weighted by atomic mass is 79.9. The van der Waals surface area contributed by atoms with Gasteiger partial charge in [-0.2, -0.15) is 0 Å². The summed E-state index contributed by atoms with van der Waals surface area (Å²) in [5.41, 5.74) is 8.35. The van der Waals surface area contributed by atoms with Crippen molar-refractivity contribution in [2.75, 3.05) is 13.2 Å². The Morgan fingerprint density at radius 2 is 1.13 bits per heavy atom. The van der Waals surface area contributed by atoms with Crippen LogP contribution in [0.1, 0.15) is 126 Å². The minimum Gasteiger partial charge on any atom is -0.492 e. The van der Waals surface area contributed by atoms with E-state index < -0.39 is 0 Å². The summed E-state index contributed by atoms with van der Waals surface area (Å²) >= 11 is 3.70. The fourth-order valence-corrected chi connectivity index (χ4v) is 7.07. The number of carbonyl (C=O) groups excluding carboxylic acids is 2. The smallest absolute Gasteiger partial charge is 0.166 e. The highest BCUT2D eigenvalue weighted by Gasteiger charge is 2.36. The minimum atomic E-state index is -0.100. The molecule has 0 aromatic heterocycles. The summed E-state index contributed by atoms with van der Waals surface area (Å²) in [4.78, 5) is 25.1. The van der Waals surface area contributed by atoms with Crippen LogP contribution in [0.4, 0.5) is 0 Å². The van der Waals surface area contributed by atoms with Crippen molar-refractivity contribution in [2.24, 2.45) is 23.7 Å². The summed E-state index contributed by atoms with van der Waals surface area (Å²) in [6, 6.07) is 14.5. The number of halogens is 1. The van der Waals surface area contributed by atoms with Crippen molar-refractivity contribution in [3.63, 3.8) is 0 Å². The number of carbonyl (C=O) groups is 2. The topological polar surface area (TPSA) is 52.6 Å². The zero-order valence-corrected chi connectivity index (χ0v) is 32.3. The zero-order valence-electron chi connectivity index (χ0n) is 30.7. The molecule has 0 spiro atoms. The Kier molecular flexibility index (Phi) is 11.2. The van der Waals surface area contributed by atoms with E-state index in [4.69, 9.17) is 9.47 Å². The van der Waals surface area contributed by atoms with Crippen LogP contribution in [0, 0.1) is 23.7 Å². The lowest BCUT2D eigenvalue weighted by atomic mass is 9.81. The van der Waals surface area contributed by atoms with Gasteiger partial charge in [-0.25, -0.2) is 0 Å². The fourth-order valence-electron chi connectivity index (χ4n) is 6.37. The van der Waals surface area contributed by atoms with E-state index in [2.05, 4.69) is 122 Å². The predicted octanol–water partition coefficient (Wildman–Crippen LogP) is 11.2. The molecule has 0 radical (unpaired) electrons. The number of ketones is 2. The van der Waals surface area contributed by atoms with Crippen molar-refractivity contribution in [2.45, 2.75) is 107 Å². The van der Waals surface area contributed by atoms with Gasteiger partial charge in [-0.15, -0.1) is 0 Å². The second-order valence-corrected chi connectivity index (χ2v) is 17.3. The van der Waals surface area contributed by atoms with Crippen molar-refractivity contribution in [1.82, 2.24) is 0 Å². The summed E-state index contributed by atoms with van der Waals surface area (Å²) in [7, 11) is 0. The van der Waals surface area contributed by atoms with E-state index in [0.717, 1.165) is 73.3 Å². The first-order chi connectivity index (χ1) is 21.8. The van der Waals surface area contributed by atoms with Crippen LogP contribution in [0.2, 0.25) is 0 Å². The monoisotopic (exact) mass is 702 g/mol. The molecule has 5 rings (SSSR count). The Labute approximate surface area is 292 Å². The maximum atomic E-state index is 12.8. The average molecular weight is 704 g/mol. The molecule has 0 amide bonds. The van der Waals surface area contributed by atoms with E-state index in [1.807, 2.05) is 19.9 Å². The maximum absolute atomic E-state index is 12.8. The molecule has 47 heavy (non-hydrogen) atoms. The van der Waals surface area contributed by atoms with Crippen molar-refractivity contribution in [1.29, 1.82) is 0 Å². The van der Waals surface area contributed by atoms with E-state index in [-0.39, 0.29) is 34.2 Å². The molecule has 4 nitrogen and oxygen atoms in total. The third kappa shape index (κ3) is 8.04. The van der Waals surface area contributed by atoms with Crippen molar-refractivity contribution in [3.8, 4) is 22.6 Å². The zero-order chi connectivity index (χ0) is 35.0. The Morgan fingerprint density at radius 1 is 0.702 bits per heavy atom. The second kappa shape index (κ2) is 14.3. The number of rotatable bonds is 7. The second-order valence-electron chi connectivity index (χ2n) is 16.5. The molecule has 3 aromatic rings. The summed E-state index contributed by atoms with van der Waals surface area (Å²) in [6.45, 7) is 27.0. The van der Waals surface area contributed by atoms with Gasteiger partial charge in [-0.05, 0) is 80.3 Å². The van der Waals surface area contributed by atoms with E-state index in [1.165, 1.54) is 0 Å². The van der Waals surface area contributed by atoms with Gasteiger partial charge < -0.3 is 9.47 Å². The standard InChI is InChI=1S/C24H30O2.C18H25BrO2/c1-15(2)14-26-23-20(24(4,5)6)13-19-18(12-16(3)22(19)25)21(23)17-10-8-7-9-11-17;1-10(2)9-21-17-14(18(4,5)6)8-13-12(15(17)19)7-11(3)16(13)20/h7-11,13,15-16H,12,14H2,1-6H3;8,10-11H,7,9H2,1-6H3. The lowest BCUT2D eigenvalue weighted by Gasteiger charge is -2.27. The van der Waals surface area contributed by atoms with Crippen molar-refractivity contribution in [3.05, 3.63) is 80.3 Å². The Hall–Kier alpha value is -2.92. The summed E-state index contributed by atoms with van der Waals surface area (Å²) < 4.78 is 13.5. The van der Waals surface area contributed by atoms with Crippen LogP contribution < -0.4 is 9.47 Å². The molecular formula is C42H55BrO4. The molecule has 0 heterocycles. The lowest BCUT2D eigenvalue weighted by Crippen LogP contribution is -2.17. The van der Waals surface area contributed by atoms with E-state index >= 15 is 0 Å². The Bertz CT molecular complexity index is 1620. The normalized spacial score (nSPS) is 17.5. The number of Topliss-reactive ketones (excluding diaryl/α,β-unsaturated/α-hetero) is 2. The van der Waals surface area contributed by atoms with Gasteiger partial charge in [-0.3, -0.25) is 9.59 Å². The SMILES string of the molecule is CC(C)COc1c(C(C)(C)C)cc2c(c1-c1ccccc1)CC(C)C2=O.CC(C)COc1c(C(C)(C)C)cc2c(c1Br)CC(C)C2=O. The van der Waals surface area contributed by atoms with Gasteiger partial charge in [0.15, 0.2) is 11.6 Å². The van der Waals surface area contributed by atoms with Crippen LogP contribution in [-0.2, 0) is 23.7 Å². The van der Waals surface area contributed by atoms with E-state index in [9.17, 15) is 9.59 Å². The van der Waals surface area contributed by atoms with Crippen LogP contribution in [-0.4, -0.2) is 24.8 Å². The molecule has 2 atom stereocenters. The largest absolute Gasteiger partial charge is 0.492 e. The minimum absolute atomic E-state index is 0.0422. The summed E-state index contributed by atoms with van der Waals surface area (Å²) in [5.74, 6) is 3.42. The van der Waals surface area contributed by atoms with Gasteiger partial charge in [0.2, 0.25) is 0 Å². The third-order valence-electron chi connectivity index (χ3n) is 8.96. The molecule has 0 bridgehead atoms. The molecule has 0 aliphatic heterocycles. The van der Waals surface area contributed by atoms with Gasteiger partial charge in [-0.1, -0.05) is 113 Å². The number of fused-ring (bicyclic) bond motifs is 2. The predicted molar refractivity (Wildman–Crippen MR) is 198 cm³/mol. The number of hydrogen-bond donors (Lipinski definition) is 0. The van der Waals surface area contributed by atoms with Crippen LogP contribution in [0.25, 0.3) is 11.1 Å². The van der Waals surface area contributed by atoms with Crippen LogP contribution in [0.15, 0.2) is 46.9 Å². The molecule has 2 unspecified atom stereocenters. The molecule has 5 heteroatoms. The number of hydrogen-bond acceptors (Lipinski definition) is 4. The van der Waals surface area contributed by atoms with Crippen LogP contribution in [0.5, 0.6) is 11.5 Å². The Morgan fingerprint density at radius 3 is 1.60 bits per heavy atom. The first-order valence-corrected chi connectivity index (χ1v) is 18.1. The number of benzene rings is 3. The molecule has 0 saturated carbocycles. The van der Waals surface area contributed by atoms with Crippen molar-refractivity contribution >= 4 is 27.5 Å². The van der Waals surface area contributed by atoms with Gasteiger partial charge in [0.05, 0.1) is 17.7 Å². The molecule has 2 aliphatic carbocycles. The number of ether oxygens (including phenoxy) is 2. The molecule has 0 fully saturated rings. The molecule has 3 aromatic carbocycles. The lowest BCUT2D eigenvalue weighted by molar-refractivity contribution is 0.0938. The van der Waals surface area contributed by atoms with E-state index in [1.54, 1.807) is 0 Å². The van der Waals surface area contributed by atoms with Gasteiger partial charge in [0.25, 0.3) is 0 Å². The van der Waals surface area contributed by atoms with Crippen LogP contribution >= 0.6 is 15.9 Å². The quantitative estimate of drug-likeness (QED) is 0.246. The summed E-state index contributed by atoms with van der Waals surface area (Å²) in [6.07, 6.45) is 1.60. The van der Waals surface area contributed by atoms with E-state index in [0.29, 0.717) is 25.0 Å². The summed E-state index contributed by atoms with van der Waals surface area (Å²) in [5, 5.41) is 0. The highest BCUT2D eigenvalue weighted by Crippen LogP contribution is 2.47. The molecule has 2 aliphatic rings. The van der Waals surface area contributed by atoms with Gasteiger partial charge in [0.1, 0.15) is 11.5 Å². The third-order valence-corrected chi connectivity index (χ3v) is 9.80. The molecule has 0 N–H and O–H groups in total. The Balaban J connectivity index is 0.000000218. The first-order valence-electron chi connectivity index (χ1n) is 17.3. The van der Waals surface area contributed by atoms with Gasteiger partial charge >= 0.3 is 0 Å².